The highest BCUT2D eigenvalue weighted by Crippen LogP contribution is 2.43. The Kier molecular flexibility index (Phi) is 3.79. The van der Waals surface area contributed by atoms with Gasteiger partial charge in [-0.05, 0) is 55.2 Å². The summed E-state index contributed by atoms with van der Waals surface area (Å²) in [7, 11) is 0. The van der Waals surface area contributed by atoms with Gasteiger partial charge in [0.2, 0.25) is 5.91 Å². The molecule has 0 saturated heterocycles. The average molecular weight is 326 g/mol. The lowest BCUT2D eigenvalue weighted by atomic mass is 9.90. The molecule has 1 aromatic heterocycles. The highest BCUT2D eigenvalue weighted by Gasteiger charge is 2.29. The monoisotopic (exact) mass is 326 g/mol. The first-order chi connectivity index (χ1) is 11.4. The molecule has 1 amide bonds. The lowest BCUT2D eigenvalue weighted by Crippen LogP contribution is -2.15. The van der Waals surface area contributed by atoms with Crippen molar-refractivity contribution in [3.05, 3.63) is 64.5 Å². The van der Waals surface area contributed by atoms with E-state index in [1.165, 1.54) is 18.3 Å². The van der Waals surface area contributed by atoms with E-state index in [0.717, 1.165) is 17.2 Å². The summed E-state index contributed by atoms with van der Waals surface area (Å²) in [5.41, 5.74) is 8.83. The lowest BCUT2D eigenvalue weighted by Gasteiger charge is -2.16. The van der Waals surface area contributed by atoms with E-state index in [0.29, 0.717) is 17.5 Å². The number of fused-ring (bicyclic) bond motifs is 1. The second kappa shape index (κ2) is 5.67. The molecule has 1 aliphatic carbocycles. The van der Waals surface area contributed by atoms with Crippen molar-refractivity contribution in [2.45, 2.75) is 20.3 Å². The molecule has 24 heavy (non-hydrogen) atoms. The SMILES string of the molecule is C=Cc1nccc(-c2c(F)cc(C(N)=O)c3c2C(C)=C(C)C3)c1F. The van der Waals surface area contributed by atoms with Crippen molar-refractivity contribution >= 4 is 17.6 Å². The normalized spacial score (nSPS) is 13.2. The van der Waals surface area contributed by atoms with Gasteiger partial charge in [0.25, 0.3) is 0 Å². The lowest BCUT2D eigenvalue weighted by molar-refractivity contribution is 0.0999. The Morgan fingerprint density at radius 1 is 1.33 bits per heavy atom. The van der Waals surface area contributed by atoms with Gasteiger partial charge < -0.3 is 5.73 Å². The van der Waals surface area contributed by atoms with Gasteiger partial charge in [0.15, 0.2) is 5.82 Å². The van der Waals surface area contributed by atoms with E-state index in [4.69, 9.17) is 5.73 Å². The molecule has 1 heterocycles. The number of pyridine rings is 1. The molecule has 0 aliphatic heterocycles. The van der Waals surface area contributed by atoms with Crippen LogP contribution < -0.4 is 5.73 Å². The molecule has 1 aromatic carbocycles. The third-order valence-corrected chi connectivity index (χ3v) is 4.49. The number of allylic oxidation sites excluding steroid dienone is 2. The number of benzene rings is 1. The molecule has 0 unspecified atom stereocenters. The number of nitrogens with two attached hydrogens (primary N) is 1. The second-order valence-electron chi connectivity index (χ2n) is 5.84. The predicted octanol–water partition coefficient (Wildman–Crippen LogP) is 4.12. The van der Waals surface area contributed by atoms with Crippen LogP contribution in [0.3, 0.4) is 0 Å². The number of carbonyl (C=O) groups is 1. The standard InChI is InChI=1S/C19H16F2N2O/c1-4-15-18(21)11(5-6-23-15)17-14(20)8-13(19(22)24)12-7-9(2)10(3)16(12)17/h4-6,8H,1,7H2,2-3H3,(H2,22,24). The Morgan fingerprint density at radius 2 is 2.04 bits per heavy atom. The van der Waals surface area contributed by atoms with Crippen LogP contribution in [0.4, 0.5) is 8.78 Å². The highest BCUT2D eigenvalue weighted by atomic mass is 19.1. The molecule has 0 fully saturated rings. The van der Waals surface area contributed by atoms with Crippen molar-refractivity contribution in [1.29, 1.82) is 0 Å². The maximum atomic E-state index is 14.8. The summed E-state index contributed by atoms with van der Waals surface area (Å²) in [6.07, 6.45) is 3.18. The Balaban J connectivity index is 2.41. The van der Waals surface area contributed by atoms with Gasteiger partial charge in [-0.1, -0.05) is 12.2 Å². The number of hydrogen-bond acceptors (Lipinski definition) is 2. The minimum Gasteiger partial charge on any atom is -0.366 e. The van der Waals surface area contributed by atoms with Crippen LogP contribution >= 0.6 is 0 Å². The number of amides is 1. The Labute approximate surface area is 138 Å². The van der Waals surface area contributed by atoms with Gasteiger partial charge in [-0.25, -0.2) is 8.78 Å². The minimum atomic E-state index is -0.693. The predicted molar refractivity (Wildman–Crippen MR) is 90.2 cm³/mol. The molecular weight excluding hydrogens is 310 g/mol. The molecule has 0 bridgehead atoms. The van der Waals surface area contributed by atoms with E-state index < -0.39 is 17.5 Å². The topological polar surface area (TPSA) is 56.0 Å². The number of aromatic nitrogens is 1. The number of hydrogen-bond donors (Lipinski definition) is 1. The molecule has 3 rings (SSSR count). The third-order valence-electron chi connectivity index (χ3n) is 4.49. The average Bonchev–Trinajstić information content (AvgIpc) is 2.83. The van der Waals surface area contributed by atoms with Crippen LogP contribution in [0.5, 0.6) is 0 Å². The molecule has 0 radical (unpaired) electrons. The first kappa shape index (κ1) is 16.1. The van der Waals surface area contributed by atoms with Gasteiger partial charge in [-0.15, -0.1) is 0 Å². The Hall–Kier alpha value is -2.82. The van der Waals surface area contributed by atoms with Crippen molar-refractivity contribution in [3.63, 3.8) is 0 Å². The molecule has 2 N–H and O–H groups in total. The van der Waals surface area contributed by atoms with Crippen LogP contribution in [0.25, 0.3) is 22.8 Å². The molecular formula is C19H16F2N2O. The molecule has 1 aliphatic rings. The van der Waals surface area contributed by atoms with Crippen molar-refractivity contribution in [3.8, 4) is 11.1 Å². The highest BCUT2D eigenvalue weighted by molar-refractivity contribution is 6.00. The maximum Gasteiger partial charge on any atom is 0.249 e. The van der Waals surface area contributed by atoms with Gasteiger partial charge in [0.05, 0.1) is 5.69 Å². The third kappa shape index (κ3) is 2.24. The van der Waals surface area contributed by atoms with Crippen molar-refractivity contribution < 1.29 is 13.6 Å². The zero-order chi connectivity index (χ0) is 17.6. The number of halogens is 2. The molecule has 122 valence electrons. The summed E-state index contributed by atoms with van der Waals surface area (Å²) < 4.78 is 29.5. The smallest absolute Gasteiger partial charge is 0.249 e. The fourth-order valence-electron chi connectivity index (χ4n) is 3.18. The quantitative estimate of drug-likeness (QED) is 0.922. The van der Waals surface area contributed by atoms with E-state index in [1.54, 1.807) is 0 Å². The Bertz CT molecular complexity index is 929. The second-order valence-corrected chi connectivity index (χ2v) is 5.84. The van der Waals surface area contributed by atoms with E-state index in [1.807, 2.05) is 13.8 Å². The number of carbonyl (C=O) groups excluding carboxylic acids is 1. The number of primary amides is 1. The number of nitrogens with zero attached hydrogens (tertiary/aromatic N) is 1. The fraction of sp³-hybridized carbons (Fsp3) is 0.158. The van der Waals surface area contributed by atoms with Crippen LogP contribution in [0, 0.1) is 11.6 Å². The molecule has 2 aromatic rings. The fourth-order valence-corrected chi connectivity index (χ4v) is 3.18. The van der Waals surface area contributed by atoms with Gasteiger partial charge in [-0.3, -0.25) is 9.78 Å². The molecule has 5 heteroatoms. The van der Waals surface area contributed by atoms with Crippen LogP contribution in [-0.2, 0) is 6.42 Å². The first-order valence-corrected chi connectivity index (χ1v) is 7.46. The first-order valence-electron chi connectivity index (χ1n) is 7.46. The molecule has 0 saturated carbocycles. The van der Waals surface area contributed by atoms with Gasteiger partial charge in [-0.2, -0.15) is 0 Å². The zero-order valence-electron chi connectivity index (χ0n) is 13.4. The van der Waals surface area contributed by atoms with Crippen LogP contribution in [-0.4, -0.2) is 10.9 Å². The number of rotatable bonds is 3. The van der Waals surface area contributed by atoms with Crippen LogP contribution in [0.15, 0.2) is 30.5 Å². The van der Waals surface area contributed by atoms with E-state index in [2.05, 4.69) is 11.6 Å². The summed E-state index contributed by atoms with van der Waals surface area (Å²) in [5.74, 6) is -2.02. The van der Waals surface area contributed by atoms with E-state index in [9.17, 15) is 13.6 Å². The van der Waals surface area contributed by atoms with Crippen LogP contribution in [0.1, 0.15) is 41.0 Å². The molecule has 3 nitrogen and oxygen atoms in total. The zero-order valence-corrected chi connectivity index (χ0v) is 13.4. The van der Waals surface area contributed by atoms with E-state index >= 15 is 0 Å². The molecule has 0 spiro atoms. The van der Waals surface area contributed by atoms with Gasteiger partial charge in [0, 0.05) is 22.9 Å². The van der Waals surface area contributed by atoms with Crippen LogP contribution in [0.2, 0.25) is 0 Å². The summed E-state index contributed by atoms with van der Waals surface area (Å²) in [4.78, 5) is 15.6. The van der Waals surface area contributed by atoms with Crippen molar-refractivity contribution in [1.82, 2.24) is 4.98 Å². The van der Waals surface area contributed by atoms with Crippen molar-refractivity contribution in [2.75, 3.05) is 0 Å². The summed E-state index contributed by atoms with van der Waals surface area (Å²) in [5, 5.41) is 0. The van der Waals surface area contributed by atoms with Gasteiger partial charge >= 0.3 is 0 Å². The van der Waals surface area contributed by atoms with Crippen molar-refractivity contribution in [2.24, 2.45) is 5.73 Å². The largest absolute Gasteiger partial charge is 0.366 e. The summed E-state index contributed by atoms with van der Waals surface area (Å²) >= 11 is 0. The summed E-state index contributed by atoms with van der Waals surface area (Å²) in [6.45, 7) is 7.26. The van der Waals surface area contributed by atoms with Gasteiger partial charge in [0.1, 0.15) is 5.82 Å². The minimum absolute atomic E-state index is 0.0518. The Morgan fingerprint density at radius 3 is 2.67 bits per heavy atom. The van der Waals surface area contributed by atoms with E-state index in [-0.39, 0.29) is 22.4 Å². The maximum absolute atomic E-state index is 14.8. The summed E-state index contributed by atoms with van der Waals surface area (Å²) in [6, 6.07) is 2.52. The molecule has 0 atom stereocenters.